The summed E-state index contributed by atoms with van der Waals surface area (Å²) in [7, 11) is -2.55. The second-order valence-corrected chi connectivity index (χ2v) is 2.76. The highest BCUT2D eigenvalue weighted by molar-refractivity contribution is 7.71. The molecule has 0 amide bonds. The lowest BCUT2D eigenvalue weighted by Crippen LogP contribution is -2.21. The number of thiol groups is 1. The SMILES string of the molecule is CC(C)=N[SH](=O)=O.O=C(O)C(F)(F)F. The molecule has 14 heavy (non-hydrogen) atoms. The van der Waals surface area contributed by atoms with E-state index in [0.717, 1.165) is 0 Å². The van der Waals surface area contributed by atoms with Crippen molar-refractivity contribution >= 4 is 22.6 Å². The quantitative estimate of drug-likeness (QED) is 0.515. The number of nitrogens with zero attached hydrogens (tertiary/aromatic N) is 1. The molecular weight excluding hydrogens is 227 g/mol. The Balaban J connectivity index is 0. The van der Waals surface area contributed by atoms with E-state index in [4.69, 9.17) is 9.90 Å². The molecule has 0 aliphatic rings. The van der Waals surface area contributed by atoms with Crippen molar-refractivity contribution in [1.82, 2.24) is 0 Å². The lowest BCUT2D eigenvalue weighted by molar-refractivity contribution is -0.192. The van der Waals surface area contributed by atoms with Crippen LogP contribution in [0.15, 0.2) is 4.40 Å². The Bertz CT molecular complexity index is 282. The topological polar surface area (TPSA) is 83.8 Å². The molecule has 0 atom stereocenters. The molecule has 9 heteroatoms. The average molecular weight is 235 g/mol. The van der Waals surface area contributed by atoms with Gasteiger partial charge in [0, 0.05) is 5.71 Å². The number of hydrogen-bond donors (Lipinski definition) is 2. The van der Waals surface area contributed by atoms with Crippen molar-refractivity contribution in [3.63, 3.8) is 0 Å². The molecule has 0 fully saturated rings. The van der Waals surface area contributed by atoms with Gasteiger partial charge in [-0.1, -0.05) is 0 Å². The number of carboxylic acids is 1. The van der Waals surface area contributed by atoms with E-state index in [9.17, 15) is 21.6 Å². The summed E-state index contributed by atoms with van der Waals surface area (Å²) >= 11 is 0. The van der Waals surface area contributed by atoms with Crippen molar-refractivity contribution in [2.75, 3.05) is 0 Å². The minimum absolute atomic E-state index is 0.566. The maximum Gasteiger partial charge on any atom is 0.490 e. The molecular formula is C5H8F3NO4S. The first kappa shape index (κ1) is 15.4. The molecule has 0 aliphatic carbocycles. The van der Waals surface area contributed by atoms with Gasteiger partial charge in [0.15, 0.2) is 0 Å². The van der Waals surface area contributed by atoms with E-state index in [1.165, 1.54) is 0 Å². The Morgan fingerprint density at radius 1 is 1.29 bits per heavy atom. The molecule has 0 aromatic heterocycles. The number of alkyl halides is 3. The fourth-order valence-electron chi connectivity index (χ4n) is 0.163. The van der Waals surface area contributed by atoms with Crippen LogP contribution in [0.2, 0.25) is 0 Å². The number of aliphatic carboxylic acids is 1. The van der Waals surface area contributed by atoms with E-state index < -0.39 is 23.0 Å². The molecule has 0 saturated carbocycles. The fourth-order valence-corrected chi connectivity index (χ4v) is 0.490. The van der Waals surface area contributed by atoms with E-state index >= 15 is 0 Å². The fraction of sp³-hybridized carbons (Fsp3) is 0.600. The van der Waals surface area contributed by atoms with Crippen LogP contribution in [-0.4, -0.2) is 31.4 Å². The summed E-state index contributed by atoms with van der Waals surface area (Å²) in [6.07, 6.45) is -5.08. The molecule has 5 nitrogen and oxygen atoms in total. The van der Waals surface area contributed by atoms with Gasteiger partial charge in [-0.25, -0.2) is 13.2 Å². The van der Waals surface area contributed by atoms with Gasteiger partial charge in [-0.2, -0.15) is 17.6 Å². The highest BCUT2D eigenvalue weighted by Crippen LogP contribution is 2.13. The zero-order valence-electron chi connectivity index (χ0n) is 7.20. The van der Waals surface area contributed by atoms with Crippen LogP contribution in [0, 0.1) is 0 Å². The summed E-state index contributed by atoms with van der Waals surface area (Å²) in [5.74, 6) is -2.76. The monoisotopic (exact) mass is 235 g/mol. The van der Waals surface area contributed by atoms with Gasteiger partial charge < -0.3 is 5.11 Å². The number of hydrogen-bond acceptors (Lipinski definition) is 3. The van der Waals surface area contributed by atoms with E-state index in [1.807, 2.05) is 0 Å². The third kappa shape index (κ3) is 13.5. The molecule has 0 unspecified atom stereocenters. The largest absolute Gasteiger partial charge is 0.490 e. The summed E-state index contributed by atoms with van der Waals surface area (Å²) in [5.41, 5.74) is 0.566. The van der Waals surface area contributed by atoms with Gasteiger partial charge in [0.2, 0.25) is 10.9 Å². The standard InChI is InChI=1S/C3H7NO2S.C2HF3O2/c1-3(2)4-7(5)6;3-2(4,5)1(6)7/h7H,1-2H3;(H,6,7). The minimum Gasteiger partial charge on any atom is -0.475 e. The molecule has 0 rings (SSSR count). The molecule has 0 aromatic rings. The van der Waals surface area contributed by atoms with Crippen molar-refractivity contribution in [1.29, 1.82) is 0 Å². The number of halogens is 3. The minimum atomic E-state index is -5.08. The van der Waals surface area contributed by atoms with Crippen LogP contribution < -0.4 is 0 Å². The summed E-state index contributed by atoms with van der Waals surface area (Å²) in [5, 5.41) is 7.12. The first-order chi connectivity index (χ1) is 6.07. The molecule has 0 radical (unpaired) electrons. The van der Waals surface area contributed by atoms with Gasteiger partial charge >= 0.3 is 12.1 Å². The maximum absolute atomic E-state index is 10.6. The number of carbonyl (C=O) groups is 1. The zero-order chi connectivity index (χ0) is 11.9. The Morgan fingerprint density at radius 3 is 1.57 bits per heavy atom. The summed E-state index contributed by atoms with van der Waals surface area (Å²) in [6, 6.07) is 0. The average Bonchev–Trinajstić information content (AvgIpc) is 1.81. The Morgan fingerprint density at radius 2 is 1.57 bits per heavy atom. The number of rotatable bonds is 1. The Hall–Kier alpha value is -1.12. The van der Waals surface area contributed by atoms with Gasteiger partial charge in [0.05, 0.1) is 0 Å². The van der Waals surface area contributed by atoms with Crippen molar-refractivity contribution in [2.45, 2.75) is 20.0 Å². The van der Waals surface area contributed by atoms with Gasteiger partial charge in [0.25, 0.3) is 0 Å². The van der Waals surface area contributed by atoms with Crippen LogP contribution in [0.25, 0.3) is 0 Å². The second-order valence-electron chi connectivity index (χ2n) is 2.09. The normalized spacial score (nSPS) is 10.1. The molecule has 84 valence electrons. The second kappa shape index (κ2) is 6.35. The van der Waals surface area contributed by atoms with Crippen molar-refractivity contribution in [3.8, 4) is 0 Å². The van der Waals surface area contributed by atoms with Crippen LogP contribution in [-0.2, 0) is 15.7 Å². The summed E-state index contributed by atoms with van der Waals surface area (Å²) in [4.78, 5) is 8.90. The van der Waals surface area contributed by atoms with Crippen LogP contribution in [0.4, 0.5) is 13.2 Å². The van der Waals surface area contributed by atoms with Crippen molar-refractivity contribution in [2.24, 2.45) is 4.40 Å². The lowest BCUT2D eigenvalue weighted by atomic mass is 10.5. The molecule has 0 heterocycles. The zero-order valence-corrected chi connectivity index (χ0v) is 8.09. The van der Waals surface area contributed by atoms with Crippen molar-refractivity contribution in [3.05, 3.63) is 0 Å². The molecule has 0 aliphatic heterocycles. The van der Waals surface area contributed by atoms with Gasteiger partial charge in [-0.05, 0) is 13.8 Å². The highest BCUT2D eigenvalue weighted by Gasteiger charge is 2.38. The van der Waals surface area contributed by atoms with Crippen molar-refractivity contribution < 1.29 is 31.5 Å². The number of carboxylic acid groups (broad SMARTS) is 1. The third-order valence-electron chi connectivity index (χ3n) is 0.524. The summed E-state index contributed by atoms with van der Waals surface area (Å²) < 4.78 is 54.2. The van der Waals surface area contributed by atoms with Crippen LogP contribution in [0.1, 0.15) is 13.8 Å². The van der Waals surface area contributed by atoms with E-state index in [1.54, 1.807) is 13.8 Å². The molecule has 0 saturated heterocycles. The smallest absolute Gasteiger partial charge is 0.475 e. The van der Waals surface area contributed by atoms with Crippen LogP contribution in [0.3, 0.4) is 0 Å². The van der Waals surface area contributed by atoms with Gasteiger partial charge in [0.1, 0.15) is 0 Å². The molecule has 0 bridgehead atoms. The molecule has 0 aromatic carbocycles. The Labute approximate surface area is 79.3 Å². The first-order valence-electron chi connectivity index (χ1n) is 3.03. The molecule has 0 spiro atoms. The Kier molecular flexibility index (Phi) is 6.97. The lowest BCUT2D eigenvalue weighted by Gasteiger charge is -1.93. The van der Waals surface area contributed by atoms with Gasteiger partial charge in [-0.15, -0.1) is 0 Å². The van der Waals surface area contributed by atoms with Crippen LogP contribution in [0.5, 0.6) is 0 Å². The van der Waals surface area contributed by atoms with Gasteiger partial charge in [-0.3, -0.25) is 0 Å². The summed E-state index contributed by atoms with van der Waals surface area (Å²) in [6.45, 7) is 3.26. The predicted octanol–water partition coefficient (Wildman–Crippen LogP) is 0.627. The third-order valence-corrected chi connectivity index (χ3v) is 1.09. The van der Waals surface area contributed by atoms with E-state index in [-0.39, 0.29) is 0 Å². The highest BCUT2D eigenvalue weighted by atomic mass is 32.2. The van der Waals surface area contributed by atoms with E-state index in [0.29, 0.717) is 5.71 Å². The maximum atomic E-state index is 10.6. The van der Waals surface area contributed by atoms with E-state index in [2.05, 4.69) is 4.40 Å². The van der Waals surface area contributed by atoms with Crippen LogP contribution >= 0.6 is 0 Å². The molecule has 1 N–H and O–H groups in total. The first-order valence-corrected chi connectivity index (χ1v) is 4.16. The predicted molar refractivity (Wildman–Crippen MR) is 42.8 cm³/mol.